The Hall–Kier alpha value is -6.27. The number of carbonyl (C=O) groups is 3. The van der Waals surface area contributed by atoms with Gasteiger partial charge in [0.15, 0.2) is 11.6 Å². The molecule has 4 aromatic heterocycles. The lowest BCUT2D eigenvalue weighted by molar-refractivity contribution is -0.121. The lowest BCUT2D eigenvalue weighted by Crippen LogP contribution is -2.45. The predicted octanol–water partition coefficient (Wildman–Crippen LogP) is 6.40. The molecule has 2 atom stereocenters. The van der Waals surface area contributed by atoms with Crippen LogP contribution in [0, 0.1) is 0 Å². The highest BCUT2D eigenvalue weighted by molar-refractivity contribution is 5.89. The molecule has 6 rings (SSSR count). The highest BCUT2D eigenvalue weighted by Crippen LogP contribution is 2.20. The van der Waals surface area contributed by atoms with Gasteiger partial charge in [-0.05, 0) is 69.0 Å². The van der Waals surface area contributed by atoms with Crippen LogP contribution >= 0.6 is 0 Å². The van der Waals surface area contributed by atoms with Gasteiger partial charge in [0.25, 0.3) is 0 Å². The molecule has 2 aromatic carbocycles. The Morgan fingerprint density at radius 2 is 1.13 bits per heavy atom. The topological polar surface area (TPSA) is 176 Å². The molecular weight excluding hydrogens is 672 g/mol. The fraction of sp³-hybridized carbons (Fsp3) is 0.244. The summed E-state index contributed by atoms with van der Waals surface area (Å²) in [6.07, 6.45) is 7.08. The first kappa shape index (κ1) is 38.0. The lowest BCUT2D eigenvalue weighted by Gasteiger charge is -2.23. The van der Waals surface area contributed by atoms with E-state index in [0.29, 0.717) is 35.7 Å². The number of ether oxygens (including phenoxy) is 1. The molecule has 3 N–H and O–H groups in total. The summed E-state index contributed by atoms with van der Waals surface area (Å²) in [4.78, 5) is 45.5. The number of rotatable bonds is 13. The molecule has 0 saturated carbocycles. The average Bonchev–Trinajstić information content (AvgIpc) is 3.82. The van der Waals surface area contributed by atoms with Gasteiger partial charge in [-0.2, -0.15) is 0 Å². The van der Waals surface area contributed by atoms with Gasteiger partial charge in [-0.15, -0.1) is 0 Å². The number of benzene rings is 2. The number of ketones is 2. The normalized spacial score (nSPS) is 12.2. The van der Waals surface area contributed by atoms with E-state index in [1.807, 2.05) is 84.9 Å². The summed E-state index contributed by atoms with van der Waals surface area (Å²) in [6.45, 7) is 5.32. The van der Waals surface area contributed by atoms with Crippen molar-refractivity contribution in [3.8, 4) is 22.5 Å². The van der Waals surface area contributed by atoms with Crippen molar-refractivity contribution >= 4 is 17.7 Å². The Morgan fingerprint density at radius 1 is 0.679 bits per heavy atom. The zero-order valence-corrected chi connectivity index (χ0v) is 29.8. The number of nitrogens with two attached hydrogens (primary N) is 1. The van der Waals surface area contributed by atoms with Gasteiger partial charge in [0.1, 0.15) is 28.5 Å². The number of amides is 1. The molecule has 1 amide bonds. The fourth-order valence-corrected chi connectivity index (χ4v) is 5.23. The van der Waals surface area contributed by atoms with E-state index >= 15 is 0 Å². The second-order valence-electron chi connectivity index (χ2n) is 13.3. The minimum atomic E-state index is -0.753. The molecule has 0 fully saturated rings. The molecule has 0 radical (unpaired) electrons. The van der Waals surface area contributed by atoms with Crippen LogP contribution in [0.1, 0.15) is 43.4 Å². The van der Waals surface area contributed by atoms with Gasteiger partial charge in [0.05, 0.1) is 24.9 Å². The van der Waals surface area contributed by atoms with Crippen LogP contribution < -0.4 is 11.1 Å². The molecule has 0 aliphatic carbocycles. The first-order valence-electron chi connectivity index (χ1n) is 17.1. The molecule has 53 heavy (non-hydrogen) atoms. The molecule has 12 nitrogen and oxygen atoms in total. The Kier molecular flexibility index (Phi) is 13.1. The van der Waals surface area contributed by atoms with Crippen LogP contribution in [0.4, 0.5) is 4.79 Å². The number of aromatic nitrogens is 4. The van der Waals surface area contributed by atoms with E-state index < -0.39 is 23.8 Å². The molecule has 272 valence electrons. The summed E-state index contributed by atoms with van der Waals surface area (Å²) >= 11 is 0. The number of alkyl carbamates (subject to hydrolysis) is 1. The number of Topliss-reactive ketones (excluding diaryl/α,β-unsaturated/α-hetero) is 2. The number of nitrogens with zero attached hydrogens (tertiary/aromatic N) is 4. The van der Waals surface area contributed by atoms with Gasteiger partial charge >= 0.3 is 6.09 Å². The molecule has 0 saturated heterocycles. The summed E-state index contributed by atoms with van der Waals surface area (Å²) in [5, 5.41) is 10.7. The molecule has 0 bridgehead atoms. The monoisotopic (exact) mass is 714 g/mol. The minimum Gasteiger partial charge on any atom is -0.444 e. The van der Waals surface area contributed by atoms with Gasteiger partial charge in [0.2, 0.25) is 0 Å². The highest BCUT2D eigenvalue weighted by atomic mass is 16.6. The number of hydrogen-bond acceptors (Lipinski definition) is 11. The van der Waals surface area contributed by atoms with Gasteiger partial charge < -0.3 is 24.8 Å². The Labute approximate surface area is 307 Å². The number of pyridine rings is 2. The third-order valence-electron chi connectivity index (χ3n) is 7.84. The van der Waals surface area contributed by atoms with Crippen molar-refractivity contribution in [2.75, 3.05) is 0 Å². The van der Waals surface area contributed by atoms with Gasteiger partial charge in [-0.25, -0.2) is 4.79 Å². The van der Waals surface area contributed by atoms with Crippen molar-refractivity contribution in [3.63, 3.8) is 0 Å². The summed E-state index contributed by atoms with van der Waals surface area (Å²) in [7, 11) is 0. The zero-order chi connectivity index (χ0) is 37.6. The van der Waals surface area contributed by atoms with E-state index in [2.05, 4.69) is 25.6 Å². The van der Waals surface area contributed by atoms with Crippen molar-refractivity contribution < 1.29 is 28.2 Å². The van der Waals surface area contributed by atoms with Gasteiger partial charge in [-0.1, -0.05) is 71.0 Å². The minimum absolute atomic E-state index is 0.00534. The second kappa shape index (κ2) is 18.3. The number of nitrogens with one attached hydrogen (secondary N) is 1. The van der Waals surface area contributed by atoms with Crippen molar-refractivity contribution in [2.45, 2.75) is 64.1 Å². The Balaban J connectivity index is 0.000000211. The van der Waals surface area contributed by atoms with Crippen LogP contribution in [0.15, 0.2) is 131 Å². The molecule has 0 aliphatic rings. The Morgan fingerprint density at radius 3 is 1.60 bits per heavy atom. The molecule has 0 unspecified atom stereocenters. The fourth-order valence-electron chi connectivity index (χ4n) is 5.23. The van der Waals surface area contributed by atoms with Crippen molar-refractivity contribution in [3.05, 3.63) is 144 Å². The van der Waals surface area contributed by atoms with Crippen molar-refractivity contribution in [2.24, 2.45) is 5.73 Å². The smallest absolute Gasteiger partial charge is 0.408 e. The van der Waals surface area contributed by atoms with E-state index in [1.54, 1.807) is 57.7 Å². The third kappa shape index (κ3) is 12.2. The predicted molar refractivity (Wildman–Crippen MR) is 198 cm³/mol. The SMILES string of the molecule is CC(C)(C)OC(=O)N[C@@H](Cc1ccccc1)C(=O)Cc1cc(-c2ccncc2)no1.N[C@@H](Cc1ccccc1)C(=O)Cc1cc(-c2ccncc2)no1. The second-order valence-corrected chi connectivity index (χ2v) is 13.3. The zero-order valence-electron chi connectivity index (χ0n) is 29.8. The van der Waals surface area contributed by atoms with E-state index in [9.17, 15) is 14.4 Å². The molecule has 12 heteroatoms. The highest BCUT2D eigenvalue weighted by Gasteiger charge is 2.26. The quantitative estimate of drug-likeness (QED) is 0.135. The summed E-state index contributed by atoms with van der Waals surface area (Å²) in [5.74, 6) is 0.689. The third-order valence-corrected chi connectivity index (χ3v) is 7.84. The maximum absolute atomic E-state index is 13.0. The lowest BCUT2D eigenvalue weighted by atomic mass is 9.99. The standard InChI is InChI=1S/C23H25N3O4.C18H17N3O2/c1-23(2,3)29-22(28)25-20(13-16-7-5-4-6-8-16)21(27)15-18-14-19(26-30-18)17-9-11-24-12-10-17;19-16(10-13-4-2-1-3-5-13)18(22)12-15-11-17(21-23-15)14-6-8-20-9-7-14/h4-12,14,20H,13,15H2,1-3H3,(H,25,28);1-9,11,16H,10,12,19H2/t20-;16-/m00/s1. The summed E-state index contributed by atoms with van der Waals surface area (Å²) in [5.41, 5.74) is 10.4. The van der Waals surface area contributed by atoms with Gasteiger partial charge in [-0.3, -0.25) is 19.6 Å². The Bertz CT molecular complexity index is 2040. The molecule has 0 aliphatic heterocycles. The van der Waals surface area contributed by atoms with Crippen molar-refractivity contribution in [1.82, 2.24) is 25.6 Å². The number of carbonyl (C=O) groups excluding carboxylic acids is 3. The first-order chi connectivity index (χ1) is 25.5. The van der Waals surface area contributed by atoms with E-state index in [1.165, 1.54) is 0 Å². The first-order valence-corrected chi connectivity index (χ1v) is 17.1. The van der Waals surface area contributed by atoms with Crippen LogP contribution in [-0.4, -0.2) is 55.6 Å². The maximum atomic E-state index is 13.0. The van der Waals surface area contributed by atoms with Gasteiger partial charge in [0, 0.05) is 48.0 Å². The summed E-state index contributed by atoms with van der Waals surface area (Å²) in [6, 6.07) is 28.7. The summed E-state index contributed by atoms with van der Waals surface area (Å²) < 4.78 is 15.9. The number of hydrogen-bond donors (Lipinski definition) is 2. The maximum Gasteiger partial charge on any atom is 0.408 e. The largest absolute Gasteiger partial charge is 0.444 e. The molecule has 4 heterocycles. The van der Waals surface area contributed by atoms with Crippen LogP contribution in [0.5, 0.6) is 0 Å². The molecular formula is C41H42N6O6. The van der Waals surface area contributed by atoms with Crippen LogP contribution in [-0.2, 0) is 40.0 Å². The molecule has 6 aromatic rings. The van der Waals surface area contributed by atoms with E-state index in [-0.39, 0.29) is 24.4 Å². The molecule has 0 spiro atoms. The van der Waals surface area contributed by atoms with E-state index in [0.717, 1.165) is 22.3 Å². The van der Waals surface area contributed by atoms with Crippen LogP contribution in [0.2, 0.25) is 0 Å². The van der Waals surface area contributed by atoms with Crippen molar-refractivity contribution in [1.29, 1.82) is 0 Å². The average molecular weight is 715 g/mol. The van der Waals surface area contributed by atoms with Crippen LogP contribution in [0.3, 0.4) is 0 Å². The van der Waals surface area contributed by atoms with E-state index in [4.69, 9.17) is 19.5 Å². The van der Waals surface area contributed by atoms with Crippen LogP contribution in [0.25, 0.3) is 22.5 Å².